The highest BCUT2D eigenvalue weighted by Crippen LogP contribution is 2.19. The van der Waals surface area contributed by atoms with Crippen molar-refractivity contribution in [2.24, 2.45) is 0 Å². The van der Waals surface area contributed by atoms with Crippen LogP contribution in [-0.4, -0.2) is 30.9 Å². The maximum Gasteiger partial charge on any atom is 0.338 e. The van der Waals surface area contributed by atoms with Gasteiger partial charge in [-0.1, -0.05) is 29.8 Å². The predicted octanol–water partition coefficient (Wildman–Crippen LogP) is 3.67. The van der Waals surface area contributed by atoms with Crippen LogP contribution in [0.5, 0.6) is 0 Å². The van der Waals surface area contributed by atoms with Gasteiger partial charge in [-0.05, 0) is 49.6 Å². The van der Waals surface area contributed by atoms with Crippen LogP contribution in [0.4, 0.5) is 0 Å². The summed E-state index contributed by atoms with van der Waals surface area (Å²) in [6.45, 7) is 6.20. The minimum atomic E-state index is -0.378. The van der Waals surface area contributed by atoms with Gasteiger partial charge in [-0.3, -0.25) is 4.79 Å². The summed E-state index contributed by atoms with van der Waals surface area (Å²) in [5.74, 6) is -0.448. The molecule has 0 aliphatic rings. The number of carbonyl (C=O) groups is 2. The molecule has 2 aromatic rings. The number of hydrogen-bond acceptors (Lipinski definition) is 3. The van der Waals surface area contributed by atoms with E-state index in [4.69, 9.17) is 4.74 Å². The van der Waals surface area contributed by atoms with Gasteiger partial charge in [-0.15, -0.1) is 0 Å². The lowest BCUT2D eigenvalue weighted by atomic mass is 9.98. The average molecular weight is 325 g/mol. The van der Waals surface area contributed by atoms with Crippen molar-refractivity contribution in [2.75, 3.05) is 14.2 Å². The number of esters is 1. The lowest BCUT2D eigenvalue weighted by molar-refractivity contribution is 0.0598. The monoisotopic (exact) mass is 325 g/mol. The maximum absolute atomic E-state index is 12.7. The number of nitrogens with zero attached hydrogens (tertiary/aromatic N) is 1. The Balaban J connectivity index is 2.24. The molecule has 1 amide bonds. The topological polar surface area (TPSA) is 46.6 Å². The Bertz CT molecular complexity index is 757. The van der Waals surface area contributed by atoms with Crippen LogP contribution in [0.3, 0.4) is 0 Å². The lowest BCUT2D eigenvalue weighted by Gasteiger charge is -2.19. The molecule has 0 heterocycles. The predicted molar refractivity (Wildman–Crippen MR) is 94.2 cm³/mol. The van der Waals surface area contributed by atoms with Crippen LogP contribution in [0.1, 0.15) is 43.0 Å². The zero-order valence-corrected chi connectivity index (χ0v) is 14.8. The van der Waals surface area contributed by atoms with Gasteiger partial charge in [0, 0.05) is 19.2 Å². The van der Waals surface area contributed by atoms with Crippen molar-refractivity contribution < 1.29 is 14.3 Å². The summed E-state index contributed by atoms with van der Waals surface area (Å²) >= 11 is 0. The summed E-state index contributed by atoms with van der Waals surface area (Å²) in [5.41, 5.74) is 4.85. The molecule has 0 aromatic heterocycles. The van der Waals surface area contributed by atoms with Gasteiger partial charge in [0.15, 0.2) is 0 Å². The fraction of sp³-hybridized carbons (Fsp3) is 0.300. The van der Waals surface area contributed by atoms with E-state index >= 15 is 0 Å². The second kappa shape index (κ2) is 7.30. The smallest absolute Gasteiger partial charge is 0.338 e. The quantitative estimate of drug-likeness (QED) is 0.806. The first-order valence-electron chi connectivity index (χ1n) is 7.84. The third-order valence-electron chi connectivity index (χ3n) is 4.02. The van der Waals surface area contributed by atoms with Crippen molar-refractivity contribution in [3.63, 3.8) is 0 Å². The molecule has 0 aliphatic carbocycles. The van der Waals surface area contributed by atoms with Crippen LogP contribution >= 0.6 is 0 Å². The molecule has 4 nitrogen and oxygen atoms in total. The van der Waals surface area contributed by atoms with E-state index in [0.29, 0.717) is 17.7 Å². The molecule has 0 saturated heterocycles. The molecule has 0 bridgehead atoms. The van der Waals surface area contributed by atoms with E-state index in [2.05, 4.69) is 6.07 Å². The Hall–Kier alpha value is -2.62. The molecule has 0 fully saturated rings. The number of aryl methyl sites for hydroxylation is 3. The van der Waals surface area contributed by atoms with Gasteiger partial charge in [0.1, 0.15) is 0 Å². The van der Waals surface area contributed by atoms with Crippen LogP contribution in [0.2, 0.25) is 0 Å². The molecule has 126 valence electrons. The number of amides is 1. The van der Waals surface area contributed by atoms with E-state index in [-0.39, 0.29) is 11.9 Å². The van der Waals surface area contributed by atoms with Crippen LogP contribution in [-0.2, 0) is 11.3 Å². The first kappa shape index (κ1) is 17.7. The van der Waals surface area contributed by atoms with Gasteiger partial charge >= 0.3 is 5.97 Å². The molecular weight excluding hydrogens is 302 g/mol. The first-order chi connectivity index (χ1) is 11.3. The third kappa shape index (κ3) is 3.82. The zero-order valence-electron chi connectivity index (χ0n) is 14.8. The van der Waals surface area contributed by atoms with Gasteiger partial charge in [0.2, 0.25) is 0 Å². The Labute approximate surface area is 143 Å². The molecule has 0 spiro atoms. The van der Waals surface area contributed by atoms with Crippen LogP contribution in [0.25, 0.3) is 0 Å². The Kier molecular flexibility index (Phi) is 5.39. The average Bonchev–Trinajstić information content (AvgIpc) is 2.53. The van der Waals surface area contributed by atoms with E-state index in [0.717, 1.165) is 16.7 Å². The van der Waals surface area contributed by atoms with E-state index in [1.54, 1.807) is 24.1 Å². The van der Waals surface area contributed by atoms with Crippen molar-refractivity contribution >= 4 is 11.9 Å². The van der Waals surface area contributed by atoms with Crippen molar-refractivity contribution in [1.82, 2.24) is 4.90 Å². The summed E-state index contributed by atoms with van der Waals surface area (Å²) in [7, 11) is 3.14. The molecule has 2 aromatic carbocycles. The number of carbonyl (C=O) groups excluding carboxylic acids is 2. The van der Waals surface area contributed by atoms with Gasteiger partial charge in [0.05, 0.1) is 12.7 Å². The molecule has 0 radical (unpaired) electrons. The van der Waals surface area contributed by atoms with Gasteiger partial charge in [-0.25, -0.2) is 4.79 Å². The highest BCUT2D eigenvalue weighted by molar-refractivity contribution is 5.98. The normalized spacial score (nSPS) is 10.4. The van der Waals surface area contributed by atoms with Crippen molar-refractivity contribution in [2.45, 2.75) is 27.3 Å². The number of rotatable bonds is 4. The molecule has 0 N–H and O–H groups in total. The lowest BCUT2D eigenvalue weighted by Crippen LogP contribution is -2.26. The second-order valence-electron chi connectivity index (χ2n) is 6.13. The summed E-state index contributed by atoms with van der Waals surface area (Å²) in [6.07, 6.45) is 0. The second-order valence-corrected chi connectivity index (χ2v) is 6.13. The standard InChI is InChI=1S/C20H23NO3/c1-13-7-6-8-16(9-13)12-21(4)19(22)17-10-14(2)18(15(3)11-17)20(23)24-5/h6-11H,12H2,1-5H3. The molecular formula is C20H23NO3. The van der Waals surface area contributed by atoms with Crippen LogP contribution < -0.4 is 0 Å². The fourth-order valence-corrected chi connectivity index (χ4v) is 2.89. The van der Waals surface area contributed by atoms with Crippen LogP contribution in [0, 0.1) is 20.8 Å². The molecule has 2 rings (SSSR count). The van der Waals surface area contributed by atoms with E-state index in [1.165, 1.54) is 12.7 Å². The zero-order chi connectivity index (χ0) is 17.9. The molecule has 24 heavy (non-hydrogen) atoms. The maximum atomic E-state index is 12.7. The summed E-state index contributed by atoms with van der Waals surface area (Å²) in [6, 6.07) is 11.6. The summed E-state index contributed by atoms with van der Waals surface area (Å²) in [5, 5.41) is 0. The van der Waals surface area contributed by atoms with Crippen LogP contribution in [0.15, 0.2) is 36.4 Å². The largest absolute Gasteiger partial charge is 0.465 e. The van der Waals surface area contributed by atoms with E-state index in [1.807, 2.05) is 39.0 Å². The third-order valence-corrected chi connectivity index (χ3v) is 4.02. The summed E-state index contributed by atoms with van der Waals surface area (Å²) in [4.78, 5) is 26.2. The minimum Gasteiger partial charge on any atom is -0.465 e. The summed E-state index contributed by atoms with van der Waals surface area (Å²) < 4.78 is 4.80. The Morgan fingerprint density at radius 1 is 1.04 bits per heavy atom. The van der Waals surface area contributed by atoms with E-state index < -0.39 is 0 Å². The molecule has 4 heteroatoms. The van der Waals surface area contributed by atoms with Gasteiger partial charge in [0.25, 0.3) is 5.91 Å². The molecule has 0 aliphatic heterocycles. The van der Waals surface area contributed by atoms with Crippen molar-refractivity contribution in [3.05, 3.63) is 69.8 Å². The highest BCUT2D eigenvalue weighted by Gasteiger charge is 2.18. The molecule has 0 saturated carbocycles. The number of benzene rings is 2. The SMILES string of the molecule is COC(=O)c1c(C)cc(C(=O)N(C)Cc2cccc(C)c2)cc1C. The van der Waals surface area contributed by atoms with Crippen molar-refractivity contribution in [1.29, 1.82) is 0 Å². The molecule has 0 atom stereocenters. The Morgan fingerprint density at radius 2 is 1.67 bits per heavy atom. The fourth-order valence-electron chi connectivity index (χ4n) is 2.89. The van der Waals surface area contributed by atoms with Crippen molar-refractivity contribution in [3.8, 4) is 0 Å². The highest BCUT2D eigenvalue weighted by atomic mass is 16.5. The minimum absolute atomic E-state index is 0.0703. The Morgan fingerprint density at radius 3 is 2.21 bits per heavy atom. The van der Waals surface area contributed by atoms with Gasteiger partial charge in [-0.2, -0.15) is 0 Å². The van der Waals surface area contributed by atoms with Gasteiger partial charge < -0.3 is 9.64 Å². The number of methoxy groups -OCH3 is 1. The number of hydrogen-bond donors (Lipinski definition) is 0. The number of ether oxygens (including phenoxy) is 1. The first-order valence-corrected chi connectivity index (χ1v) is 7.84. The van der Waals surface area contributed by atoms with E-state index in [9.17, 15) is 9.59 Å². The molecule has 0 unspecified atom stereocenters.